The molecule has 4 heteroatoms. The Hall–Kier alpha value is -2.33. The molecule has 0 radical (unpaired) electrons. The third kappa shape index (κ3) is 2.38. The molecule has 1 aliphatic rings. The minimum atomic E-state index is 0.348. The molecule has 0 saturated carbocycles. The predicted octanol–water partition coefficient (Wildman–Crippen LogP) is 3.21. The largest absolute Gasteiger partial charge is 0.378 e. The summed E-state index contributed by atoms with van der Waals surface area (Å²) in [6, 6.07) is 15.4. The van der Waals surface area contributed by atoms with Crippen LogP contribution < -0.4 is 10.6 Å². The number of aromatic nitrogens is 2. The van der Waals surface area contributed by atoms with Gasteiger partial charge >= 0.3 is 0 Å². The van der Waals surface area contributed by atoms with Crippen LogP contribution in [0.4, 0.5) is 5.69 Å². The molecular formula is C17H18N4. The van der Waals surface area contributed by atoms with E-state index in [-0.39, 0.29) is 0 Å². The Morgan fingerprint density at radius 2 is 2.10 bits per heavy atom. The SMILES string of the molecule is c1ccc2c(c1)CNCCC2Nc1ccc2[nH]ncc2c1. The van der Waals surface area contributed by atoms with Gasteiger partial charge in [0.2, 0.25) is 0 Å². The van der Waals surface area contributed by atoms with Crippen molar-refractivity contribution >= 4 is 16.6 Å². The van der Waals surface area contributed by atoms with E-state index >= 15 is 0 Å². The molecule has 3 N–H and O–H groups in total. The van der Waals surface area contributed by atoms with E-state index in [1.807, 2.05) is 6.20 Å². The van der Waals surface area contributed by atoms with E-state index in [9.17, 15) is 0 Å². The van der Waals surface area contributed by atoms with E-state index in [2.05, 4.69) is 63.3 Å². The molecule has 0 aliphatic carbocycles. The third-order valence-corrected chi connectivity index (χ3v) is 4.14. The summed E-state index contributed by atoms with van der Waals surface area (Å²) in [7, 11) is 0. The van der Waals surface area contributed by atoms with Crippen LogP contribution in [0.3, 0.4) is 0 Å². The maximum Gasteiger partial charge on any atom is 0.0651 e. The van der Waals surface area contributed by atoms with Crippen LogP contribution in [0.2, 0.25) is 0 Å². The first-order valence-electron chi connectivity index (χ1n) is 7.38. The first-order chi connectivity index (χ1) is 10.4. The second kappa shape index (κ2) is 5.22. The molecule has 4 nitrogen and oxygen atoms in total. The lowest BCUT2D eigenvalue weighted by molar-refractivity contribution is 0.637. The highest BCUT2D eigenvalue weighted by Crippen LogP contribution is 2.28. The zero-order chi connectivity index (χ0) is 14.1. The number of hydrogen-bond donors (Lipinski definition) is 3. The molecule has 4 rings (SSSR count). The van der Waals surface area contributed by atoms with Crippen LogP contribution in [0.5, 0.6) is 0 Å². The maximum absolute atomic E-state index is 4.08. The molecule has 0 fully saturated rings. The number of benzene rings is 2. The van der Waals surface area contributed by atoms with Crippen molar-refractivity contribution in [3.63, 3.8) is 0 Å². The van der Waals surface area contributed by atoms with Crippen LogP contribution >= 0.6 is 0 Å². The van der Waals surface area contributed by atoms with Crippen LogP contribution in [0.25, 0.3) is 10.9 Å². The summed E-state index contributed by atoms with van der Waals surface area (Å²) in [6.45, 7) is 1.98. The van der Waals surface area contributed by atoms with Gasteiger partial charge in [-0.15, -0.1) is 0 Å². The molecule has 2 aromatic carbocycles. The van der Waals surface area contributed by atoms with E-state index < -0.39 is 0 Å². The summed E-state index contributed by atoms with van der Waals surface area (Å²) >= 11 is 0. The van der Waals surface area contributed by atoms with Crippen LogP contribution in [0.15, 0.2) is 48.7 Å². The standard InChI is InChI=1S/C17H18N4/c1-2-4-15-12(3-1)10-18-8-7-17(15)20-14-5-6-16-13(9-14)11-19-21-16/h1-6,9,11,17-18,20H,7-8,10H2,(H,19,21). The zero-order valence-electron chi connectivity index (χ0n) is 11.8. The smallest absolute Gasteiger partial charge is 0.0651 e. The topological polar surface area (TPSA) is 52.7 Å². The fourth-order valence-electron chi connectivity index (χ4n) is 3.04. The van der Waals surface area contributed by atoms with Crippen LogP contribution in [-0.2, 0) is 6.54 Å². The molecule has 3 aromatic rings. The van der Waals surface area contributed by atoms with Gasteiger partial charge in [0.15, 0.2) is 0 Å². The molecule has 0 bridgehead atoms. The lowest BCUT2D eigenvalue weighted by atomic mass is 9.99. The number of rotatable bonds is 2. The number of nitrogens with zero attached hydrogens (tertiary/aromatic N) is 1. The fourth-order valence-corrected chi connectivity index (χ4v) is 3.04. The third-order valence-electron chi connectivity index (χ3n) is 4.14. The Morgan fingerprint density at radius 1 is 1.14 bits per heavy atom. The van der Waals surface area contributed by atoms with E-state index in [4.69, 9.17) is 0 Å². The minimum Gasteiger partial charge on any atom is -0.378 e. The van der Waals surface area contributed by atoms with Crippen LogP contribution in [0.1, 0.15) is 23.6 Å². The summed E-state index contributed by atoms with van der Waals surface area (Å²) in [6.07, 6.45) is 2.95. The Bertz CT molecular complexity index is 762. The van der Waals surface area contributed by atoms with Gasteiger partial charge in [-0.25, -0.2) is 0 Å². The van der Waals surface area contributed by atoms with Gasteiger partial charge in [-0.3, -0.25) is 5.10 Å². The molecule has 0 spiro atoms. The normalized spacial score (nSPS) is 18.2. The zero-order valence-corrected chi connectivity index (χ0v) is 11.8. The number of H-pyrrole nitrogens is 1. The number of fused-ring (bicyclic) bond motifs is 2. The summed E-state index contributed by atoms with van der Waals surface area (Å²) in [5.41, 5.74) is 5.00. The van der Waals surface area contributed by atoms with Gasteiger partial charge in [0.25, 0.3) is 0 Å². The average Bonchev–Trinajstić information content (AvgIpc) is 2.89. The molecule has 0 amide bonds. The summed E-state index contributed by atoms with van der Waals surface area (Å²) in [5, 5.41) is 15.4. The van der Waals surface area contributed by atoms with E-state index in [0.717, 1.165) is 36.1 Å². The van der Waals surface area contributed by atoms with Crippen molar-refractivity contribution in [2.75, 3.05) is 11.9 Å². The predicted molar refractivity (Wildman–Crippen MR) is 85.2 cm³/mol. The van der Waals surface area contributed by atoms with Crippen molar-refractivity contribution in [2.24, 2.45) is 0 Å². The van der Waals surface area contributed by atoms with Crippen LogP contribution in [-0.4, -0.2) is 16.7 Å². The highest BCUT2D eigenvalue weighted by molar-refractivity contribution is 5.81. The Kier molecular flexibility index (Phi) is 3.09. The second-order valence-corrected chi connectivity index (χ2v) is 5.53. The van der Waals surface area contributed by atoms with Crippen molar-refractivity contribution in [1.82, 2.24) is 15.5 Å². The summed E-state index contributed by atoms with van der Waals surface area (Å²) < 4.78 is 0. The molecular weight excluding hydrogens is 260 g/mol. The quantitative estimate of drug-likeness (QED) is 0.674. The highest BCUT2D eigenvalue weighted by Gasteiger charge is 2.17. The molecule has 21 heavy (non-hydrogen) atoms. The minimum absolute atomic E-state index is 0.348. The number of aromatic amines is 1. The van der Waals surface area contributed by atoms with E-state index in [1.165, 1.54) is 11.1 Å². The molecule has 1 aromatic heterocycles. The molecule has 2 heterocycles. The average molecular weight is 278 g/mol. The lowest BCUT2D eigenvalue weighted by Crippen LogP contribution is -2.15. The first kappa shape index (κ1) is 12.4. The van der Waals surface area contributed by atoms with E-state index in [1.54, 1.807) is 0 Å². The first-order valence-corrected chi connectivity index (χ1v) is 7.38. The second-order valence-electron chi connectivity index (χ2n) is 5.53. The molecule has 106 valence electrons. The molecule has 1 unspecified atom stereocenters. The van der Waals surface area contributed by atoms with Gasteiger partial charge in [-0.1, -0.05) is 24.3 Å². The van der Waals surface area contributed by atoms with Crippen molar-refractivity contribution in [2.45, 2.75) is 19.0 Å². The van der Waals surface area contributed by atoms with Gasteiger partial charge in [0, 0.05) is 17.6 Å². The Labute approximate surface area is 123 Å². The maximum atomic E-state index is 4.08. The van der Waals surface area contributed by atoms with Crippen molar-refractivity contribution in [3.05, 3.63) is 59.8 Å². The monoisotopic (exact) mass is 278 g/mol. The van der Waals surface area contributed by atoms with Crippen molar-refractivity contribution < 1.29 is 0 Å². The number of nitrogens with one attached hydrogen (secondary N) is 3. The van der Waals surface area contributed by atoms with Gasteiger partial charge in [-0.2, -0.15) is 5.10 Å². The highest BCUT2D eigenvalue weighted by atomic mass is 15.1. The molecule has 1 atom stereocenters. The summed E-state index contributed by atoms with van der Waals surface area (Å²) in [4.78, 5) is 0. The van der Waals surface area contributed by atoms with Gasteiger partial charge in [0.05, 0.1) is 17.8 Å². The van der Waals surface area contributed by atoms with Crippen LogP contribution in [0, 0.1) is 0 Å². The fraction of sp³-hybridized carbons (Fsp3) is 0.235. The van der Waals surface area contributed by atoms with Gasteiger partial charge < -0.3 is 10.6 Å². The lowest BCUT2D eigenvalue weighted by Gasteiger charge is -2.20. The Morgan fingerprint density at radius 3 is 3.10 bits per heavy atom. The number of anilines is 1. The van der Waals surface area contributed by atoms with E-state index in [0.29, 0.717) is 6.04 Å². The molecule has 1 aliphatic heterocycles. The summed E-state index contributed by atoms with van der Waals surface area (Å²) in [5.74, 6) is 0. The van der Waals surface area contributed by atoms with Gasteiger partial charge in [-0.05, 0) is 42.3 Å². The van der Waals surface area contributed by atoms with Crippen molar-refractivity contribution in [3.8, 4) is 0 Å². The molecule has 0 saturated heterocycles. The number of hydrogen-bond acceptors (Lipinski definition) is 3. The van der Waals surface area contributed by atoms with Gasteiger partial charge in [0.1, 0.15) is 0 Å². The Balaban J connectivity index is 1.66. The van der Waals surface area contributed by atoms with Crippen molar-refractivity contribution in [1.29, 1.82) is 0 Å².